The molecule has 100 valence electrons. The number of nitrogens with zero attached hydrogens (tertiary/aromatic N) is 2. The first kappa shape index (κ1) is 12.9. The van der Waals surface area contributed by atoms with Crippen molar-refractivity contribution in [1.29, 1.82) is 5.26 Å². The third kappa shape index (κ3) is 2.33. The van der Waals surface area contributed by atoms with Gasteiger partial charge in [0.25, 0.3) is 0 Å². The summed E-state index contributed by atoms with van der Waals surface area (Å²) in [6.07, 6.45) is 6.02. The number of nitriles is 1. The number of aromatic hydroxyl groups is 1. The molecule has 4 heteroatoms. The molecule has 0 radical (unpaired) electrons. The standard InChI is InChI=1S/C16H14N2OS/c17-9-13-12-6-2-4-8-15(12)20-16(13)18-10-11-5-1-3-7-14(11)19/h1,3,5,7,10,19H,2,4,6,8H2. The van der Waals surface area contributed by atoms with Gasteiger partial charge in [0.1, 0.15) is 16.8 Å². The molecule has 0 spiro atoms. The van der Waals surface area contributed by atoms with Gasteiger partial charge in [-0.15, -0.1) is 11.3 Å². The molecule has 20 heavy (non-hydrogen) atoms. The predicted molar refractivity (Wildman–Crippen MR) is 81.0 cm³/mol. The second-order valence-electron chi connectivity index (χ2n) is 4.82. The molecule has 0 saturated heterocycles. The van der Waals surface area contributed by atoms with Gasteiger partial charge in [-0.25, -0.2) is 4.99 Å². The molecule has 0 amide bonds. The number of aliphatic imine (C=N–C) groups is 1. The molecule has 3 nitrogen and oxygen atoms in total. The minimum absolute atomic E-state index is 0.205. The first-order valence-corrected chi connectivity index (χ1v) is 7.48. The van der Waals surface area contributed by atoms with Crippen molar-refractivity contribution in [2.24, 2.45) is 4.99 Å². The highest BCUT2D eigenvalue weighted by Crippen LogP contribution is 2.39. The largest absolute Gasteiger partial charge is 0.507 e. The highest BCUT2D eigenvalue weighted by Gasteiger charge is 2.20. The molecular weight excluding hydrogens is 268 g/mol. The molecule has 0 atom stereocenters. The summed E-state index contributed by atoms with van der Waals surface area (Å²) in [4.78, 5) is 5.73. The maximum atomic E-state index is 9.72. The second-order valence-corrected chi connectivity index (χ2v) is 5.90. The number of para-hydroxylation sites is 1. The van der Waals surface area contributed by atoms with E-state index in [1.165, 1.54) is 16.9 Å². The van der Waals surface area contributed by atoms with Gasteiger partial charge < -0.3 is 5.11 Å². The summed E-state index contributed by atoms with van der Waals surface area (Å²) in [5.41, 5.74) is 2.58. The van der Waals surface area contributed by atoms with E-state index in [9.17, 15) is 10.4 Å². The molecule has 0 bridgehead atoms. The lowest BCUT2D eigenvalue weighted by Crippen LogP contribution is -1.99. The minimum atomic E-state index is 0.205. The van der Waals surface area contributed by atoms with Crippen molar-refractivity contribution >= 4 is 22.6 Å². The van der Waals surface area contributed by atoms with Crippen molar-refractivity contribution in [3.05, 3.63) is 45.8 Å². The quantitative estimate of drug-likeness (QED) is 0.848. The summed E-state index contributed by atoms with van der Waals surface area (Å²) < 4.78 is 0. The van der Waals surface area contributed by atoms with Crippen LogP contribution in [0.15, 0.2) is 29.3 Å². The fraction of sp³-hybridized carbons (Fsp3) is 0.250. The summed E-state index contributed by atoms with van der Waals surface area (Å²) >= 11 is 1.61. The fourth-order valence-corrected chi connectivity index (χ4v) is 3.67. The second kappa shape index (κ2) is 5.48. The van der Waals surface area contributed by atoms with Crippen LogP contribution in [0.5, 0.6) is 5.75 Å². The van der Waals surface area contributed by atoms with Gasteiger partial charge in [0, 0.05) is 16.7 Å². The van der Waals surface area contributed by atoms with Crippen molar-refractivity contribution in [3.63, 3.8) is 0 Å². The minimum Gasteiger partial charge on any atom is -0.507 e. The van der Waals surface area contributed by atoms with Gasteiger partial charge >= 0.3 is 0 Å². The average molecular weight is 282 g/mol. The predicted octanol–water partition coefficient (Wildman–Crippen LogP) is 3.95. The van der Waals surface area contributed by atoms with Crippen molar-refractivity contribution < 1.29 is 5.11 Å². The molecule has 1 heterocycles. The first-order valence-electron chi connectivity index (χ1n) is 6.66. The highest BCUT2D eigenvalue weighted by molar-refractivity contribution is 7.16. The van der Waals surface area contributed by atoms with Crippen LogP contribution in [0.2, 0.25) is 0 Å². The van der Waals surface area contributed by atoms with E-state index in [0.29, 0.717) is 5.56 Å². The van der Waals surface area contributed by atoms with Gasteiger partial charge in [0.2, 0.25) is 0 Å². The number of fused-ring (bicyclic) bond motifs is 1. The molecule has 3 rings (SSSR count). The normalized spacial score (nSPS) is 14.2. The Morgan fingerprint density at radius 3 is 2.85 bits per heavy atom. The summed E-state index contributed by atoms with van der Waals surface area (Å²) in [5, 5.41) is 19.8. The molecule has 1 N–H and O–H groups in total. The maximum Gasteiger partial charge on any atom is 0.134 e. The third-order valence-corrected chi connectivity index (χ3v) is 4.72. The van der Waals surface area contributed by atoms with Crippen LogP contribution in [0.1, 0.15) is 34.4 Å². The Labute approximate surface area is 121 Å². The van der Waals surface area contributed by atoms with Gasteiger partial charge in [-0.05, 0) is 43.4 Å². The van der Waals surface area contributed by atoms with Gasteiger partial charge in [-0.3, -0.25) is 0 Å². The highest BCUT2D eigenvalue weighted by atomic mass is 32.1. The van der Waals surface area contributed by atoms with Crippen LogP contribution in [-0.4, -0.2) is 11.3 Å². The lowest BCUT2D eigenvalue weighted by molar-refractivity contribution is 0.474. The van der Waals surface area contributed by atoms with Gasteiger partial charge in [-0.1, -0.05) is 12.1 Å². The molecule has 1 aliphatic carbocycles. The third-order valence-electron chi connectivity index (χ3n) is 3.52. The van der Waals surface area contributed by atoms with E-state index in [2.05, 4.69) is 11.1 Å². The summed E-state index contributed by atoms with van der Waals surface area (Å²) in [5.74, 6) is 0.205. The number of hydrogen-bond acceptors (Lipinski definition) is 4. The molecule has 0 unspecified atom stereocenters. The topological polar surface area (TPSA) is 56.4 Å². The van der Waals surface area contributed by atoms with Crippen molar-refractivity contribution in [2.45, 2.75) is 25.7 Å². The summed E-state index contributed by atoms with van der Waals surface area (Å²) in [6.45, 7) is 0. The van der Waals surface area contributed by atoms with Crippen LogP contribution in [0.3, 0.4) is 0 Å². The Bertz CT molecular complexity index is 710. The molecule has 1 aromatic carbocycles. The van der Waals surface area contributed by atoms with Crippen LogP contribution < -0.4 is 0 Å². The molecule has 0 fully saturated rings. The zero-order valence-corrected chi connectivity index (χ0v) is 11.8. The molecule has 0 aliphatic heterocycles. The number of rotatable bonds is 2. The van der Waals surface area contributed by atoms with E-state index in [1.54, 1.807) is 35.8 Å². The van der Waals surface area contributed by atoms with E-state index in [4.69, 9.17) is 0 Å². The van der Waals surface area contributed by atoms with Crippen molar-refractivity contribution in [1.82, 2.24) is 0 Å². The Balaban J connectivity index is 1.97. The Morgan fingerprint density at radius 2 is 2.05 bits per heavy atom. The van der Waals surface area contributed by atoms with E-state index < -0.39 is 0 Å². The lowest BCUT2D eigenvalue weighted by atomic mass is 9.96. The van der Waals surface area contributed by atoms with E-state index in [-0.39, 0.29) is 5.75 Å². The average Bonchev–Trinajstić information content (AvgIpc) is 2.84. The monoisotopic (exact) mass is 282 g/mol. The number of thiophene rings is 1. The number of benzene rings is 1. The van der Waals surface area contributed by atoms with Gasteiger partial charge in [-0.2, -0.15) is 5.26 Å². The van der Waals surface area contributed by atoms with Crippen LogP contribution in [0.25, 0.3) is 0 Å². The van der Waals surface area contributed by atoms with Gasteiger partial charge in [0.15, 0.2) is 0 Å². The summed E-state index contributed by atoms with van der Waals surface area (Å²) in [7, 11) is 0. The van der Waals surface area contributed by atoms with E-state index in [1.807, 2.05) is 6.07 Å². The number of hydrogen-bond donors (Lipinski definition) is 1. The molecule has 1 aliphatic rings. The Morgan fingerprint density at radius 1 is 1.25 bits per heavy atom. The molecule has 2 aromatic rings. The van der Waals surface area contributed by atoms with Gasteiger partial charge in [0.05, 0.1) is 5.56 Å². The molecule has 0 saturated carbocycles. The SMILES string of the molecule is N#Cc1c(N=Cc2ccccc2O)sc2c1CCCC2. The summed E-state index contributed by atoms with van der Waals surface area (Å²) in [6, 6.07) is 9.35. The zero-order valence-electron chi connectivity index (χ0n) is 11.0. The van der Waals surface area contributed by atoms with E-state index >= 15 is 0 Å². The lowest BCUT2D eigenvalue weighted by Gasteiger charge is -2.09. The smallest absolute Gasteiger partial charge is 0.134 e. The number of phenolic OH excluding ortho intramolecular Hbond substituents is 1. The van der Waals surface area contributed by atoms with Crippen molar-refractivity contribution in [3.8, 4) is 11.8 Å². The van der Waals surface area contributed by atoms with E-state index in [0.717, 1.165) is 29.8 Å². The van der Waals surface area contributed by atoms with Crippen LogP contribution >= 0.6 is 11.3 Å². The zero-order chi connectivity index (χ0) is 13.9. The van der Waals surface area contributed by atoms with Crippen LogP contribution in [0.4, 0.5) is 5.00 Å². The van der Waals surface area contributed by atoms with Crippen molar-refractivity contribution in [2.75, 3.05) is 0 Å². The van der Waals surface area contributed by atoms with Crippen LogP contribution in [0, 0.1) is 11.3 Å². The fourth-order valence-electron chi connectivity index (χ4n) is 2.48. The molecule has 1 aromatic heterocycles. The molecular formula is C16H14N2OS. The Hall–Kier alpha value is -2.12. The number of phenols is 1. The van der Waals surface area contributed by atoms with Crippen LogP contribution in [-0.2, 0) is 12.8 Å². The maximum absolute atomic E-state index is 9.72. The first-order chi connectivity index (χ1) is 9.79. The Kier molecular flexibility index (Phi) is 3.53. The number of aryl methyl sites for hydroxylation is 1.